The highest BCUT2D eigenvalue weighted by Crippen LogP contribution is 2.33. The van der Waals surface area contributed by atoms with E-state index < -0.39 is 0 Å². The van der Waals surface area contributed by atoms with Crippen LogP contribution >= 0.6 is 11.3 Å². The second-order valence-electron chi connectivity index (χ2n) is 7.54. The van der Waals surface area contributed by atoms with Gasteiger partial charge in [-0.25, -0.2) is 4.39 Å². The molecule has 4 rings (SSSR count). The number of ether oxygens (including phenoxy) is 1. The number of hydrogen-bond acceptors (Lipinski definition) is 4. The number of amides is 1. The number of carbonyl (C=O) groups is 1. The van der Waals surface area contributed by atoms with Crippen molar-refractivity contribution in [3.63, 3.8) is 0 Å². The molecule has 0 unspecified atom stereocenters. The van der Waals surface area contributed by atoms with Crippen LogP contribution in [0, 0.1) is 19.7 Å². The molecule has 0 spiro atoms. The first kappa shape index (κ1) is 21.2. The third-order valence-electron chi connectivity index (χ3n) is 5.14. The number of benzene rings is 2. The number of aromatic nitrogens is 2. The minimum Gasteiger partial charge on any atom is -0.380 e. The zero-order chi connectivity index (χ0) is 22.0. The molecule has 2 aromatic carbocycles. The van der Waals surface area contributed by atoms with Crippen LogP contribution in [0.3, 0.4) is 0 Å². The molecule has 1 N–H and O–H groups in total. The molecule has 0 aliphatic heterocycles. The summed E-state index contributed by atoms with van der Waals surface area (Å²) in [6, 6.07) is 15.0. The van der Waals surface area contributed by atoms with Crippen molar-refractivity contribution in [1.29, 1.82) is 0 Å². The summed E-state index contributed by atoms with van der Waals surface area (Å²) < 4.78 is 22.3. The van der Waals surface area contributed by atoms with Crippen molar-refractivity contribution in [3.05, 3.63) is 87.3 Å². The van der Waals surface area contributed by atoms with Crippen LogP contribution in [0.25, 0.3) is 10.1 Å². The number of halogens is 1. The van der Waals surface area contributed by atoms with E-state index in [2.05, 4.69) is 22.5 Å². The normalized spacial score (nSPS) is 11.2. The summed E-state index contributed by atoms with van der Waals surface area (Å²) in [6.45, 7) is 5.26. The van der Waals surface area contributed by atoms with Crippen molar-refractivity contribution >= 4 is 27.3 Å². The van der Waals surface area contributed by atoms with Crippen molar-refractivity contribution in [2.24, 2.45) is 0 Å². The number of methoxy groups -OCH3 is 1. The summed E-state index contributed by atoms with van der Waals surface area (Å²) in [6.07, 6.45) is 0. The highest BCUT2D eigenvalue weighted by atomic mass is 32.1. The molecule has 2 aromatic heterocycles. The minimum absolute atomic E-state index is 0.182. The van der Waals surface area contributed by atoms with Gasteiger partial charge in [-0.2, -0.15) is 5.10 Å². The number of thiophene rings is 1. The third-order valence-corrected chi connectivity index (χ3v) is 6.33. The maximum atomic E-state index is 14.4. The van der Waals surface area contributed by atoms with Gasteiger partial charge in [-0.1, -0.05) is 30.3 Å². The molecule has 0 atom stereocenters. The molecular weight excluding hydrogens is 413 g/mol. The number of nitrogens with one attached hydrogen (secondary N) is 1. The van der Waals surface area contributed by atoms with E-state index >= 15 is 0 Å². The van der Waals surface area contributed by atoms with Gasteiger partial charge >= 0.3 is 0 Å². The van der Waals surface area contributed by atoms with E-state index in [0.717, 1.165) is 27.2 Å². The van der Waals surface area contributed by atoms with E-state index in [1.54, 1.807) is 13.2 Å². The van der Waals surface area contributed by atoms with Gasteiger partial charge in [0.15, 0.2) is 0 Å². The lowest BCUT2D eigenvalue weighted by molar-refractivity contribution is 0.0950. The molecule has 1 amide bonds. The van der Waals surface area contributed by atoms with Gasteiger partial charge in [-0.15, -0.1) is 11.3 Å². The quantitative estimate of drug-likeness (QED) is 0.444. The zero-order valence-electron chi connectivity index (χ0n) is 17.7. The molecule has 5 nitrogen and oxygen atoms in total. The highest BCUT2D eigenvalue weighted by molar-refractivity contribution is 7.21. The fourth-order valence-electron chi connectivity index (χ4n) is 3.74. The largest absolute Gasteiger partial charge is 0.380 e. The minimum atomic E-state index is -0.336. The molecule has 0 aliphatic carbocycles. The summed E-state index contributed by atoms with van der Waals surface area (Å²) in [4.78, 5) is 13.4. The maximum absolute atomic E-state index is 14.4. The topological polar surface area (TPSA) is 56.1 Å². The average Bonchev–Trinajstić information content (AvgIpc) is 3.27. The van der Waals surface area contributed by atoms with E-state index in [0.29, 0.717) is 28.9 Å². The van der Waals surface area contributed by atoms with Gasteiger partial charge in [-0.05, 0) is 43.2 Å². The Kier molecular flexibility index (Phi) is 6.15. The average molecular weight is 438 g/mol. The van der Waals surface area contributed by atoms with Crippen LogP contribution in [0.2, 0.25) is 0 Å². The Morgan fingerprint density at radius 1 is 1.16 bits per heavy atom. The maximum Gasteiger partial charge on any atom is 0.262 e. The fourth-order valence-corrected chi connectivity index (χ4v) is 4.88. The van der Waals surface area contributed by atoms with Gasteiger partial charge in [0.05, 0.1) is 23.7 Å². The van der Waals surface area contributed by atoms with Crippen molar-refractivity contribution in [1.82, 2.24) is 15.1 Å². The molecule has 160 valence electrons. The lowest BCUT2D eigenvalue weighted by Crippen LogP contribution is -2.23. The molecule has 7 heteroatoms. The standard InChI is InChI=1S/C24H24FN3O2S/c1-15-10-16(2)28(27-15)13-18-7-4-6-17(11-18)12-26-24(29)23-19(14-30-3)22-20(25)8-5-9-21(22)31-23/h4-11H,12-14H2,1-3H3,(H,26,29). The summed E-state index contributed by atoms with van der Waals surface area (Å²) in [5.41, 5.74) is 4.80. The van der Waals surface area contributed by atoms with Gasteiger partial charge in [0.25, 0.3) is 5.91 Å². The van der Waals surface area contributed by atoms with Crippen LogP contribution in [0.1, 0.15) is 37.7 Å². The number of carbonyl (C=O) groups excluding carboxylic acids is 1. The predicted molar refractivity (Wildman–Crippen MR) is 121 cm³/mol. The van der Waals surface area contributed by atoms with Crippen molar-refractivity contribution in [3.8, 4) is 0 Å². The van der Waals surface area contributed by atoms with Gasteiger partial charge < -0.3 is 10.1 Å². The summed E-state index contributed by atoms with van der Waals surface area (Å²) in [5.74, 6) is -0.562. The van der Waals surface area contributed by atoms with E-state index in [9.17, 15) is 9.18 Å². The van der Waals surface area contributed by atoms with Crippen molar-refractivity contribution < 1.29 is 13.9 Å². The fraction of sp³-hybridized carbons (Fsp3) is 0.250. The van der Waals surface area contributed by atoms with E-state index in [1.165, 1.54) is 17.4 Å². The van der Waals surface area contributed by atoms with Crippen LogP contribution in [0.4, 0.5) is 4.39 Å². The Morgan fingerprint density at radius 2 is 1.94 bits per heavy atom. The smallest absolute Gasteiger partial charge is 0.262 e. The summed E-state index contributed by atoms with van der Waals surface area (Å²) in [7, 11) is 1.54. The molecule has 0 radical (unpaired) electrons. The molecule has 0 saturated carbocycles. The highest BCUT2D eigenvalue weighted by Gasteiger charge is 2.20. The molecule has 31 heavy (non-hydrogen) atoms. The lowest BCUT2D eigenvalue weighted by Gasteiger charge is -2.09. The molecule has 0 saturated heterocycles. The number of aryl methyl sites for hydroxylation is 2. The Morgan fingerprint density at radius 3 is 2.68 bits per heavy atom. The van der Waals surface area contributed by atoms with Crippen LogP contribution in [0.5, 0.6) is 0 Å². The monoisotopic (exact) mass is 437 g/mol. The number of hydrogen-bond donors (Lipinski definition) is 1. The van der Waals surface area contributed by atoms with Gasteiger partial charge in [-0.3, -0.25) is 9.48 Å². The first-order chi connectivity index (χ1) is 15.0. The second kappa shape index (κ2) is 8.99. The predicted octanol–water partition coefficient (Wildman–Crippen LogP) is 4.98. The van der Waals surface area contributed by atoms with Gasteiger partial charge in [0, 0.05) is 35.0 Å². The summed E-state index contributed by atoms with van der Waals surface area (Å²) >= 11 is 1.29. The first-order valence-corrected chi connectivity index (χ1v) is 10.8. The van der Waals surface area contributed by atoms with E-state index in [1.807, 2.05) is 42.8 Å². The Balaban J connectivity index is 1.51. The van der Waals surface area contributed by atoms with E-state index in [4.69, 9.17) is 4.74 Å². The first-order valence-electron chi connectivity index (χ1n) is 10.0. The molecule has 0 fully saturated rings. The van der Waals surface area contributed by atoms with Crippen LogP contribution in [0.15, 0.2) is 48.5 Å². The second-order valence-corrected chi connectivity index (χ2v) is 8.60. The van der Waals surface area contributed by atoms with E-state index in [-0.39, 0.29) is 18.3 Å². The van der Waals surface area contributed by atoms with Crippen LogP contribution in [-0.4, -0.2) is 22.8 Å². The molecule has 4 aromatic rings. The lowest BCUT2D eigenvalue weighted by atomic mass is 10.1. The number of rotatable bonds is 7. The Labute approximate surface area is 184 Å². The third kappa shape index (κ3) is 4.52. The molecule has 0 bridgehead atoms. The molecule has 0 aliphatic rings. The van der Waals surface area contributed by atoms with Gasteiger partial charge in [0.1, 0.15) is 5.82 Å². The molecular formula is C24H24FN3O2S. The number of nitrogens with zero attached hydrogens (tertiary/aromatic N) is 2. The van der Waals surface area contributed by atoms with Crippen LogP contribution in [-0.2, 0) is 24.4 Å². The SMILES string of the molecule is COCc1c(C(=O)NCc2cccc(Cn3nc(C)cc3C)c2)sc2cccc(F)c12. The number of fused-ring (bicyclic) bond motifs is 1. The Bertz CT molecular complexity index is 1250. The van der Waals surface area contributed by atoms with Crippen LogP contribution < -0.4 is 5.32 Å². The van der Waals surface area contributed by atoms with Gasteiger partial charge in [0.2, 0.25) is 0 Å². The van der Waals surface area contributed by atoms with Crippen molar-refractivity contribution in [2.75, 3.05) is 7.11 Å². The zero-order valence-corrected chi connectivity index (χ0v) is 18.6. The summed E-state index contributed by atoms with van der Waals surface area (Å²) in [5, 5.41) is 7.95. The van der Waals surface area contributed by atoms with Crippen molar-refractivity contribution in [2.45, 2.75) is 33.5 Å². The Hall–Kier alpha value is -3.03. The molecule has 2 heterocycles.